The van der Waals surface area contributed by atoms with Gasteiger partial charge in [-0.05, 0) is 61.2 Å². The van der Waals surface area contributed by atoms with Crippen molar-refractivity contribution in [1.82, 2.24) is 4.90 Å². The third-order valence-electron chi connectivity index (χ3n) is 5.21. The largest absolute Gasteiger partial charge is 0.478 e. The number of benzene rings is 2. The number of nitrogens with one attached hydrogen (secondary N) is 1. The lowest BCUT2D eigenvalue weighted by molar-refractivity contribution is -0.127. The first-order valence-electron chi connectivity index (χ1n) is 11.1. The monoisotopic (exact) mass is 554 g/mol. The summed E-state index contributed by atoms with van der Waals surface area (Å²) in [4.78, 5) is 61.9. The van der Waals surface area contributed by atoms with E-state index in [9.17, 15) is 29.1 Å². The highest BCUT2D eigenvalue weighted by atomic mass is 35.5. The minimum absolute atomic E-state index is 0.0547. The van der Waals surface area contributed by atoms with Crippen LogP contribution < -0.4 is 5.32 Å². The fourth-order valence-electron chi connectivity index (χ4n) is 3.47. The molecule has 2 heterocycles. The third kappa shape index (κ3) is 5.96. The fraction of sp³-hybridized carbons (Fsp3) is 0.115. The maximum absolute atomic E-state index is 12.8. The standard InChI is InChI=1S/C26H19ClN2O8S/c1-2-36-25(34)18-11-16(6-8-19(18)27)28-22(30)13-29-23(31)21(38-26(29)35)12-17-7-9-20(37-17)14-4-3-5-15(10-14)24(32)33/h3-12H,2,13H2,1H3,(H,28,30)(H,32,33). The van der Waals surface area contributed by atoms with Gasteiger partial charge in [-0.2, -0.15) is 0 Å². The minimum Gasteiger partial charge on any atom is -0.478 e. The van der Waals surface area contributed by atoms with Crippen LogP contribution in [0.15, 0.2) is 63.9 Å². The van der Waals surface area contributed by atoms with Gasteiger partial charge in [-0.15, -0.1) is 0 Å². The molecule has 4 rings (SSSR count). The molecule has 12 heteroatoms. The van der Waals surface area contributed by atoms with Crippen LogP contribution in [0.2, 0.25) is 5.02 Å². The van der Waals surface area contributed by atoms with Gasteiger partial charge in [0.05, 0.1) is 27.7 Å². The molecule has 38 heavy (non-hydrogen) atoms. The van der Waals surface area contributed by atoms with Crippen molar-refractivity contribution in [2.75, 3.05) is 18.5 Å². The van der Waals surface area contributed by atoms with Gasteiger partial charge in [-0.1, -0.05) is 23.7 Å². The van der Waals surface area contributed by atoms with Crippen molar-refractivity contribution in [1.29, 1.82) is 0 Å². The number of imide groups is 1. The van der Waals surface area contributed by atoms with Crippen molar-refractivity contribution in [2.24, 2.45) is 0 Å². The molecule has 1 aliphatic heterocycles. The second-order valence-corrected chi connectivity index (χ2v) is 9.22. The quantitative estimate of drug-likeness (QED) is 0.285. The molecule has 1 aromatic heterocycles. The van der Waals surface area contributed by atoms with E-state index in [1.54, 1.807) is 31.2 Å². The van der Waals surface area contributed by atoms with Gasteiger partial charge in [-0.3, -0.25) is 19.3 Å². The summed E-state index contributed by atoms with van der Waals surface area (Å²) < 4.78 is 10.6. The van der Waals surface area contributed by atoms with E-state index < -0.39 is 35.5 Å². The molecule has 0 unspecified atom stereocenters. The van der Waals surface area contributed by atoms with E-state index in [0.717, 1.165) is 4.90 Å². The van der Waals surface area contributed by atoms with E-state index in [1.165, 1.54) is 36.4 Å². The summed E-state index contributed by atoms with van der Waals surface area (Å²) in [7, 11) is 0. The van der Waals surface area contributed by atoms with Gasteiger partial charge in [0, 0.05) is 17.3 Å². The van der Waals surface area contributed by atoms with Gasteiger partial charge in [0.15, 0.2) is 0 Å². The van der Waals surface area contributed by atoms with Crippen LogP contribution in [-0.4, -0.2) is 52.2 Å². The van der Waals surface area contributed by atoms with Crippen LogP contribution in [-0.2, 0) is 14.3 Å². The number of rotatable bonds is 8. The van der Waals surface area contributed by atoms with Crippen LogP contribution >= 0.6 is 23.4 Å². The zero-order chi connectivity index (χ0) is 27.4. The number of esters is 1. The average molecular weight is 555 g/mol. The number of anilines is 1. The van der Waals surface area contributed by atoms with Crippen LogP contribution in [0.4, 0.5) is 10.5 Å². The molecule has 0 spiro atoms. The zero-order valence-electron chi connectivity index (χ0n) is 19.7. The number of nitrogens with zero attached hydrogens (tertiary/aromatic N) is 1. The van der Waals surface area contributed by atoms with E-state index >= 15 is 0 Å². The van der Waals surface area contributed by atoms with Gasteiger partial charge in [0.1, 0.15) is 18.1 Å². The molecule has 3 amide bonds. The first-order chi connectivity index (χ1) is 18.2. The molecule has 1 saturated heterocycles. The van der Waals surface area contributed by atoms with Crippen molar-refractivity contribution in [3.63, 3.8) is 0 Å². The number of carbonyl (C=O) groups excluding carboxylic acids is 4. The zero-order valence-corrected chi connectivity index (χ0v) is 21.3. The highest BCUT2D eigenvalue weighted by molar-refractivity contribution is 8.18. The first-order valence-corrected chi connectivity index (χ1v) is 12.3. The Morgan fingerprint density at radius 1 is 1.13 bits per heavy atom. The maximum atomic E-state index is 12.8. The molecule has 3 aromatic rings. The van der Waals surface area contributed by atoms with Gasteiger partial charge in [0.2, 0.25) is 5.91 Å². The van der Waals surface area contributed by atoms with E-state index in [-0.39, 0.29) is 39.1 Å². The van der Waals surface area contributed by atoms with E-state index in [4.69, 9.17) is 20.8 Å². The Labute approximate surface area is 225 Å². The van der Waals surface area contributed by atoms with Crippen molar-refractivity contribution in [2.45, 2.75) is 6.92 Å². The Morgan fingerprint density at radius 3 is 2.66 bits per heavy atom. The smallest absolute Gasteiger partial charge is 0.339 e. The number of aromatic carboxylic acids is 1. The molecule has 2 aromatic carbocycles. The van der Waals surface area contributed by atoms with E-state index in [1.807, 2.05) is 0 Å². The molecule has 0 atom stereocenters. The number of halogens is 1. The van der Waals surface area contributed by atoms with Crippen LogP contribution in [0.5, 0.6) is 0 Å². The van der Waals surface area contributed by atoms with Gasteiger partial charge < -0.3 is 19.6 Å². The predicted molar refractivity (Wildman–Crippen MR) is 140 cm³/mol. The number of hydrogen-bond donors (Lipinski definition) is 2. The molecular formula is C26H19ClN2O8S. The number of carboxylic acids is 1. The Balaban J connectivity index is 1.44. The first kappa shape index (κ1) is 26.7. The van der Waals surface area contributed by atoms with Crippen LogP contribution in [0.1, 0.15) is 33.4 Å². The van der Waals surface area contributed by atoms with Crippen molar-refractivity contribution >= 4 is 64.1 Å². The number of hydrogen-bond acceptors (Lipinski definition) is 8. The summed E-state index contributed by atoms with van der Waals surface area (Å²) >= 11 is 6.68. The molecule has 10 nitrogen and oxygen atoms in total. The number of amides is 3. The molecule has 2 N–H and O–H groups in total. The molecule has 194 valence electrons. The second kappa shape index (κ2) is 11.4. The molecule has 1 fully saturated rings. The molecule has 0 bridgehead atoms. The summed E-state index contributed by atoms with van der Waals surface area (Å²) in [6.07, 6.45) is 1.37. The highest BCUT2D eigenvalue weighted by Gasteiger charge is 2.36. The van der Waals surface area contributed by atoms with Crippen molar-refractivity contribution < 1.29 is 38.2 Å². The van der Waals surface area contributed by atoms with E-state index in [2.05, 4.69) is 5.32 Å². The fourth-order valence-corrected chi connectivity index (χ4v) is 4.48. The van der Waals surface area contributed by atoms with Gasteiger partial charge in [-0.25, -0.2) is 9.59 Å². The Morgan fingerprint density at radius 2 is 1.92 bits per heavy atom. The number of thioether (sulfide) groups is 1. The van der Waals surface area contributed by atoms with Crippen LogP contribution in [0.25, 0.3) is 17.4 Å². The topological polar surface area (TPSA) is 143 Å². The summed E-state index contributed by atoms with van der Waals surface area (Å²) in [5, 5.41) is 11.2. The Kier molecular flexibility index (Phi) is 7.99. The maximum Gasteiger partial charge on any atom is 0.339 e. The van der Waals surface area contributed by atoms with Gasteiger partial charge >= 0.3 is 11.9 Å². The SMILES string of the molecule is CCOC(=O)c1cc(NC(=O)CN2C(=O)SC(=Cc3ccc(-c4cccc(C(=O)O)c4)o3)C2=O)ccc1Cl. The molecular weight excluding hydrogens is 536 g/mol. The second-order valence-electron chi connectivity index (χ2n) is 7.82. The van der Waals surface area contributed by atoms with Crippen molar-refractivity contribution in [3.8, 4) is 11.3 Å². The van der Waals surface area contributed by atoms with E-state index in [0.29, 0.717) is 23.1 Å². The van der Waals surface area contributed by atoms with Crippen LogP contribution in [0.3, 0.4) is 0 Å². The summed E-state index contributed by atoms with van der Waals surface area (Å²) in [5.41, 5.74) is 0.922. The summed E-state index contributed by atoms with van der Waals surface area (Å²) in [6, 6.07) is 13.6. The number of carboxylic acid groups (broad SMARTS) is 1. The Bertz CT molecular complexity index is 1500. The number of furan rings is 1. The minimum atomic E-state index is -1.08. The average Bonchev–Trinajstić information content (AvgIpc) is 3.45. The Hall–Kier alpha value is -4.35. The van der Waals surface area contributed by atoms with Gasteiger partial charge in [0.25, 0.3) is 11.1 Å². The predicted octanol–water partition coefficient (Wildman–Crippen LogP) is 5.15. The normalized spacial score (nSPS) is 14.2. The van der Waals surface area contributed by atoms with Crippen LogP contribution in [0, 0.1) is 0 Å². The lowest BCUT2D eigenvalue weighted by Gasteiger charge is -2.13. The lowest BCUT2D eigenvalue weighted by atomic mass is 10.1. The number of carbonyl (C=O) groups is 5. The van der Waals surface area contributed by atoms with Crippen molar-refractivity contribution in [3.05, 3.63) is 81.4 Å². The molecule has 0 aliphatic carbocycles. The lowest BCUT2D eigenvalue weighted by Crippen LogP contribution is -2.36. The molecule has 0 saturated carbocycles. The summed E-state index contributed by atoms with van der Waals surface area (Å²) in [5.74, 6) is -2.42. The third-order valence-corrected chi connectivity index (χ3v) is 6.45. The highest BCUT2D eigenvalue weighted by Crippen LogP contribution is 2.33. The molecule has 0 radical (unpaired) electrons. The number of ether oxygens (including phenoxy) is 1. The summed E-state index contributed by atoms with van der Waals surface area (Å²) in [6.45, 7) is 1.24. The molecule has 1 aliphatic rings.